The van der Waals surface area contributed by atoms with Crippen molar-refractivity contribution < 1.29 is 14.7 Å². The minimum Gasteiger partial charge on any atom is -0.478 e. The lowest BCUT2D eigenvalue weighted by Crippen LogP contribution is -2.68. The smallest absolute Gasteiger partial charge is 0.335 e. The number of aromatic carboxylic acids is 1. The Bertz CT molecular complexity index is 1360. The van der Waals surface area contributed by atoms with Gasteiger partial charge >= 0.3 is 5.97 Å². The average Bonchev–Trinajstić information content (AvgIpc) is 3.33. The van der Waals surface area contributed by atoms with Crippen LogP contribution in [-0.4, -0.2) is 26.9 Å². The lowest BCUT2D eigenvalue weighted by molar-refractivity contribution is -0.219. The van der Waals surface area contributed by atoms with Crippen LogP contribution in [0.4, 0.5) is 0 Å². The van der Waals surface area contributed by atoms with Gasteiger partial charge in [-0.15, -0.1) is 0 Å². The zero-order valence-electron chi connectivity index (χ0n) is 27.2. The SMILES string of the molecule is C=C(C)[C@@H]1CC[C@]2(NC(=O)CI)CC[C@]3(C)[C@H](CC[C@@H]4[C@@]5(C)CC=C(c6ccc(C(=O)O)cc6)C(C)(C)[C@@H]5CC[C@]43C)[C@@H]12. The normalized spacial score (nSPS) is 42.9. The van der Waals surface area contributed by atoms with Crippen molar-refractivity contribution in [3.8, 4) is 0 Å². The molecule has 0 saturated heterocycles. The highest BCUT2D eigenvalue weighted by molar-refractivity contribution is 14.1. The van der Waals surface area contributed by atoms with Gasteiger partial charge < -0.3 is 10.4 Å². The van der Waals surface area contributed by atoms with Gasteiger partial charge in [0.05, 0.1) is 9.99 Å². The molecule has 234 valence electrons. The van der Waals surface area contributed by atoms with E-state index in [0.717, 1.165) is 25.7 Å². The molecule has 0 unspecified atom stereocenters. The Balaban J connectivity index is 1.36. The van der Waals surface area contributed by atoms with Crippen LogP contribution in [0.3, 0.4) is 0 Å². The van der Waals surface area contributed by atoms with Gasteiger partial charge in [0, 0.05) is 5.54 Å². The molecule has 4 saturated carbocycles. The summed E-state index contributed by atoms with van der Waals surface area (Å²) in [7, 11) is 0. The van der Waals surface area contributed by atoms with Crippen LogP contribution in [0.5, 0.6) is 0 Å². The molecule has 2 N–H and O–H groups in total. The van der Waals surface area contributed by atoms with E-state index in [1.54, 1.807) is 12.1 Å². The standard InChI is InChI=1S/C38H52INO3/c1-23(2)26-14-19-38(40-31(41)22-39)21-20-36(6)28(32(26)38)12-13-30-35(5)17-15-27(24-8-10-25(11-9-24)33(42)43)34(3,4)29(35)16-18-37(30,36)7/h8-11,15,26,28-30,32H,1,12-14,16-22H2,2-7H3,(H,40,41)(H,42,43)/t26-,28+,29-,30+,32+,35-,36+,37+,38-/m0/s1. The number of alkyl halides is 1. The number of carboxylic acid groups (broad SMARTS) is 1. The molecule has 1 aromatic rings. The van der Waals surface area contributed by atoms with Crippen molar-refractivity contribution in [3.63, 3.8) is 0 Å². The maximum absolute atomic E-state index is 12.9. The number of carbonyl (C=O) groups excluding carboxylic acids is 1. The highest BCUT2D eigenvalue weighted by Gasteiger charge is 2.70. The van der Waals surface area contributed by atoms with Crippen molar-refractivity contribution in [1.29, 1.82) is 0 Å². The van der Waals surface area contributed by atoms with Gasteiger partial charge in [0.1, 0.15) is 0 Å². The molecule has 4 fully saturated rings. The van der Waals surface area contributed by atoms with E-state index in [9.17, 15) is 14.7 Å². The van der Waals surface area contributed by atoms with Gasteiger partial charge in [0.2, 0.25) is 5.91 Å². The topological polar surface area (TPSA) is 66.4 Å². The molecule has 1 amide bonds. The summed E-state index contributed by atoms with van der Waals surface area (Å²) in [6, 6.07) is 7.55. The van der Waals surface area contributed by atoms with Crippen LogP contribution in [0.2, 0.25) is 0 Å². The predicted octanol–water partition coefficient (Wildman–Crippen LogP) is 9.34. The zero-order valence-corrected chi connectivity index (χ0v) is 29.4. The molecule has 1 aromatic carbocycles. The molecule has 0 radical (unpaired) electrons. The number of fused-ring (bicyclic) bond motifs is 7. The molecule has 9 atom stereocenters. The highest BCUT2D eigenvalue weighted by Crippen LogP contribution is 2.76. The Labute approximate surface area is 273 Å². The van der Waals surface area contributed by atoms with Crippen LogP contribution in [0.25, 0.3) is 5.57 Å². The second kappa shape index (κ2) is 10.5. The summed E-state index contributed by atoms with van der Waals surface area (Å²) in [4.78, 5) is 24.4. The van der Waals surface area contributed by atoms with Crippen molar-refractivity contribution in [2.75, 3.05) is 4.43 Å². The first-order chi connectivity index (χ1) is 20.1. The number of hydrogen-bond donors (Lipinski definition) is 2. The van der Waals surface area contributed by atoms with E-state index in [1.807, 2.05) is 12.1 Å². The third kappa shape index (κ3) is 4.39. The molecular formula is C38H52INO3. The molecule has 0 spiro atoms. The molecule has 0 bridgehead atoms. The number of allylic oxidation sites excluding steroid dienone is 3. The Morgan fingerprint density at radius 3 is 2.26 bits per heavy atom. The van der Waals surface area contributed by atoms with Crippen molar-refractivity contribution in [2.24, 2.45) is 51.2 Å². The van der Waals surface area contributed by atoms with Crippen molar-refractivity contribution in [3.05, 3.63) is 53.6 Å². The number of rotatable bonds is 5. The van der Waals surface area contributed by atoms with Gasteiger partial charge in [0.15, 0.2) is 0 Å². The van der Waals surface area contributed by atoms with E-state index >= 15 is 0 Å². The maximum Gasteiger partial charge on any atom is 0.335 e. The minimum absolute atomic E-state index is 0.0127. The van der Waals surface area contributed by atoms with Crippen LogP contribution in [0.15, 0.2) is 42.5 Å². The van der Waals surface area contributed by atoms with Crippen molar-refractivity contribution in [2.45, 2.75) is 105 Å². The van der Waals surface area contributed by atoms with Crippen LogP contribution in [-0.2, 0) is 4.79 Å². The number of nitrogens with one attached hydrogen (secondary N) is 1. The molecule has 5 heteroatoms. The van der Waals surface area contributed by atoms with Crippen LogP contribution >= 0.6 is 22.6 Å². The molecular weight excluding hydrogens is 645 g/mol. The molecule has 0 aromatic heterocycles. The minimum atomic E-state index is -0.869. The Kier molecular flexibility index (Phi) is 7.62. The van der Waals surface area contributed by atoms with Gasteiger partial charge in [-0.25, -0.2) is 4.79 Å². The Morgan fingerprint density at radius 1 is 0.930 bits per heavy atom. The van der Waals surface area contributed by atoms with Crippen molar-refractivity contribution >= 4 is 40.0 Å². The first-order valence-corrected chi connectivity index (χ1v) is 18.2. The summed E-state index contributed by atoms with van der Waals surface area (Å²) < 4.78 is 0.528. The van der Waals surface area contributed by atoms with Crippen LogP contribution < -0.4 is 5.32 Å². The molecule has 5 aliphatic rings. The number of halogens is 1. The maximum atomic E-state index is 12.9. The Morgan fingerprint density at radius 2 is 1.63 bits per heavy atom. The molecule has 6 rings (SSSR count). The lowest BCUT2D eigenvalue weighted by atomic mass is 9.33. The van der Waals surface area contributed by atoms with Crippen LogP contribution in [0, 0.1) is 51.2 Å². The summed E-state index contributed by atoms with van der Waals surface area (Å²) in [5, 5.41) is 13.1. The molecule has 43 heavy (non-hydrogen) atoms. The van der Waals surface area contributed by atoms with E-state index in [1.165, 1.54) is 48.8 Å². The second-order valence-electron chi connectivity index (χ2n) is 16.4. The highest BCUT2D eigenvalue weighted by atomic mass is 127. The molecule has 5 aliphatic carbocycles. The number of hydrogen-bond acceptors (Lipinski definition) is 2. The fourth-order valence-corrected chi connectivity index (χ4v) is 12.8. The van der Waals surface area contributed by atoms with Gasteiger partial charge in [-0.1, -0.05) is 87.6 Å². The predicted molar refractivity (Wildman–Crippen MR) is 183 cm³/mol. The fraction of sp³-hybridized carbons (Fsp3) is 0.684. The van der Waals surface area contributed by atoms with E-state index in [2.05, 4.69) is 82.1 Å². The lowest BCUT2D eigenvalue weighted by Gasteiger charge is -2.72. The summed E-state index contributed by atoms with van der Waals surface area (Å²) in [5.74, 6) is 2.17. The zero-order chi connectivity index (χ0) is 31.2. The number of benzene rings is 1. The summed E-state index contributed by atoms with van der Waals surface area (Å²) in [6.45, 7) is 19.6. The van der Waals surface area contributed by atoms with Gasteiger partial charge in [-0.2, -0.15) is 0 Å². The van der Waals surface area contributed by atoms with E-state index < -0.39 is 5.97 Å². The Hall–Kier alpha value is -1.63. The van der Waals surface area contributed by atoms with Gasteiger partial charge in [-0.05, 0) is 139 Å². The third-order valence-electron chi connectivity index (χ3n) is 14.6. The number of carbonyl (C=O) groups is 2. The van der Waals surface area contributed by atoms with E-state index in [0.29, 0.717) is 39.6 Å². The number of amides is 1. The van der Waals surface area contributed by atoms with E-state index in [4.69, 9.17) is 0 Å². The van der Waals surface area contributed by atoms with Gasteiger partial charge in [0.25, 0.3) is 0 Å². The first kappa shape index (κ1) is 31.4. The average molecular weight is 698 g/mol. The first-order valence-electron chi connectivity index (χ1n) is 16.7. The number of carboxylic acids is 1. The molecule has 4 nitrogen and oxygen atoms in total. The monoisotopic (exact) mass is 697 g/mol. The van der Waals surface area contributed by atoms with Crippen molar-refractivity contribution in [1.82, 2.24) is 5.32 Å². The molecule has 0 heterocycles. The second-order valence-corrected chi connectivity index (χ2v) is 17.2. The quantitative estimate of drug-likeness (QED) is 0.183. The van der Waals surface area contributed by atoms with E-state index in [-0.39, 0.29) is 33.1 Å². The summed E-state index contributed by atoms with van der Waals surface area (Å²) in [6.07, 6.45) is 13.2. The molecule has 0 aliphatic heterocycles. The van der Waals surface area contributed by atoms with Crippen LogP contribution in [0.1, 0.15) is 115 Å². The van der Waals surface area contributed by atoms with Gasteiger partial charge in [-0.3, -0.25) is 4.79 Å². The third-order valence-corrected chi connectivity index (χ3v) is 15.3. The largest absolute Gasteiger partial charge is 0.478 e. The summed E-state index contributed by atoms with van der Waals surface area (Å²) >= 11 is 2.22. The fourth-order valence-electron chi connectivity index (χ4n) is 12.6. The summed E-state index contributed by atoms with van der Waals surface area (Å²) in [5.41, 5.74) is 4.89.